The highest BCUT2D eigenvalue weighted by atomic mass is 16.5. The molecule has 0 saturated heterocycles. The molecule has 0 aromatic heterocycles. The lowest BCUT2D eigenvalue weighted by atomic mass is 10.1. The molecule has 0 saturated carbocycles. The third-order valence-electron chi connectivity index (χ3n) is 3.45. The van der Waals surface area contributed by atoms with Gasteiger partial charge in [0.25, 0.3) is 5.91 Å². The molecule has 2 aromatic carbocycles. The normalized spacial score (nSPS) is 11.2. The second kappa shape index (κ2) is 8.34. The average Bonchev–Trinajstić information content (AvgIpc) is 2.59. The Labute approximate surface area is 154 Å². The summed E-state index contributed by atoms with van der Waals surface area (Å²) in [6.07, 6.45) is 3.18. The molecule has 0 aliphatic carbocycles. The Morgan fingerprint density at radius 1 is 0.962 bits per heavy atom. The van der Waals surface area contributed by atoms with E-state index in [-0.39, 0.29) is 17.4 Å². The molecule has 2 aromatic rings. The minimum absolute atomic E-state index is 0.144. The monoisotopic (exact) mass is 352 g/mol. The first-order valence-corrected chi connectivity index (χ1v) is 8.32. The van der Waals surface area contributed by atoms with Crippen LogP contribution in [0.4, 0.5) is 5.69 Å². The van der Waals surface area contributed by atoms with Crippen LogP contribution in [0.1, 0.15) is 36.7 Å². The predicted octanol–water partition coefficient (Wildman–Crippen LogP) is 3.88. The third-order valence-corrected chi connectivity index (χ3v) is 3.45. The minimum atomic E-state index is -0.295. The van der Waals surface area contributed by atoms with Crippen molar-refractivity contribution >= 4 is 23.6 Å². The Morgan fingerprint density at radius 2 is 1.58 bits per heavy atom. The maximum Gasteiger partial charge on any atom is 0.251 e. The molecule has 0 aliphatic heterocycles. The van der Waals surface area contributed by atoms with Crippen LogP contribution in [-0.4, -0.2) is 24.5 Å². The molecular formula is C21H24N2O3. The van der Waals surface area contributed by atoms with Crippen LogP contribution in [-0.2, 0) is 4.79 Å². The van der Waals surface area contributed by atoms with Crippen molar-refractivity contribution in [1.29, 1.82) is 0 Å². The van der Waals surface area contributed by atoms with E-state index < -0.39 is 0 Å². The quantitative estimate of drug-likeness (QED) is 0.803. The summed E-state index contributed by atoms with van der Waals surface area (Å²) in [6, 6.07) is 14.2. The first-order valence-electron chi connectivity index (χ1n) is 8.32. The number of rotatable bonds is 5. The van der Waals surface area contributed by atoms with Crippen molar-refractivity contribution in [3.8, 4) is 5.75 Å². The first-order chi connectivity index (χ1) is 12.3. The SMILES string of the molecule is COc1ccc(/C=C/C(=O)Nc2ccc(C(=O)NC(C)(C)C)cc2)cc1. The number of carbonyl (C=O) groups excluding carboxylic acids is 2. The van der Waals surface area contributed by atoms with Crippen molar-refractivity contribution in [2.24, 2.45) is 0 Å². The lowest BCUT2D eigenvalue weighted by Gasteiger charge is -2.20. The Hall–Kier alpha value is -3.08. The Kier molecular flexibility index (Phi) is 6.17. The van der Waals surface area contributed by atoms with Crippen LogP contribution in [0.3, 0.4) is 0 Å². The van der Waals surface area contributed by atoms with Crippen LogP contribution in [0, 0.1) is 0 Å². The van der Waals surface area contributed by atoms with Gasteiger partial charge in [0, 0.05) is 22.9 Å². The largest absolute Gasteiger partial charge is 0.497 e. The highest BCUT2D eigenvalue weighted by Crippen LogP contribution is 2.13. The summed E-state index contributed by atoms with van der Waals surface area (Å²) in [5.41, 5.74) is 1.78. The fraction of sp³-hybridized carbons (Fsp3) is 0.238. The summed E-state index contributed by atoms with van der Waals surface area (Å²) in [6.45, 7) is 5.78. The smallest absolute Gasteiger partial charge is 0.251 e. The number of methoxy groups -OCH3 is 1. The van der Waals surface area contributed by atoms with E-state index in [2.05, 4.69) is 10.6 Å². The van der Waals surface area contributed by atoms with Crippen molar-refractivity contribution in [3.05, 3.63) is 65.7 Å². The molecule has 0 fully saturated rings. The number of benzene rings is 2. The molecule has 0 aliphatic rings. The van der Waals surface area contributed by atoms with Crippen LogP contribution < -0.4 is 15.4 Å². The molecule has 0 heterocycles. The van der Waals surface area contributed by atoms with E-state index in [1.54, 1.807) is 37.5 Å². The number of nitrogens with one attached hydrogen (secondary N) is 2. The van der Waals surface area contributed by atoms with Crippen LogP contribution in [0.5, 0.6) is 5.75 Å². The standard InChI is InChI=1S/C21H24N2O3/c1-21(2,3)23-20(25)16-8-10-17(11-9-16)22-19(24)14-7-15-5-12-18(26-4)13-6-15/h5-14H,1-4H3,(H,22,24)(H,23,25)/b14-7+. The van der Waals surface area contributed by atoms with Gasteiger partial charge in [-0.15, -0.1) is 0 Å². The number of hydrogen-bond acceptors (Lipinski definition) is 3. The maximum atomic E-state index is 12.1. The van der Waals surface area contributed by atoms with Gasteiger partial charge >= 0.3 is 0 Å². The molecular weight excluding hydrogens is 328 g/mol. The molecule has 0 bridgehead atoms. The number of amides is 2. The fourth-order valence-corrected chi connectivity index (χ4v) is 2.19. The van der Waals surface area contributed by atoms with Crippen LogP contribution >= 0.6 is 0 Å². The topological polar surface area (TPSA) is 67.4 Å². The molecule has 0 unspecified atom stereocenters. The lowest BCUT2D eigenvalue weighted by molar-refractivity contribution is -0.111. The summed E-state index contributed by atoms with van der Waals surface area (Å²) in [5.74, 6) is 0.379. The van der Waals surface area contributed by atoms with E-state index in [1.807, 2.05) is 45.0 Å². The molecule has 5 nitrogen and oxygen atoms in total. The zero-order valence-corrected chi connectivity index (χ0v) is 15.5. The number of hydrogen-bond donors (Lipinski definition) is 2. The second-order valence-electron chi connectivity index (χ2n) is 6.88. The molecule has 2 amide bonds. The zero-order valence-electron chi connectivity index (χ0n) is 15.5. The van der Waals surface area contributed by atoms with Crippen molar-refractivity contribution in [2.75, 3.05) is 12.4 Å². The molecule has 5 heteroatoms. The average molecular weight is 352 g/mol. The molecule has 136 valence electrons. The van der Waals surface area contributed by atoms with E-state index in [1.165, 1.54) is 6.08 Å². The first kappa shape index (κ1) is 19.2. The molecule has 0 radical (unpaired) electrons. The molecule has 0 atom stereocenters. The van der Waals surface area contributed by atoms with Crippen molar-refractivity contribution in [3.63, 3.8) is 0 Å². The minimum Gasteiger partial charge on any atom is -0.497 e. The summed E-state index contributed by atoms with van der Waals surface area (Å²) >= 11 is 0. The van der Waals surface area contributed by atoms with Crippen LogP contribution in [0.15, 0.2) is 54.6 Å². The van der Waals surface area contributed by atoms with E-state index in [0.29, 0.717) is 11.3 Å². The van der Waals surface area contributed by atoms with E-state index in [4.69, 9.17) is 4.74 Å². The van der Waals surface area contributed by atoms with Gasteiger partial charge in [-0.1, -0.05) is 12.1 Å². The van der Waals surface area contributed by atoms with Gasteiger partial charge in [0.05, 0.1) is 7.11 Å². The summed E-state index contributed by atoms with van der Waals surface area (Å²) in [4.78, 5) is 24.1. The maximum absolute atomic E-state index is 12.1. The van der Waals surface area contributed by atoms with Gasteiger partial charge in [0.15, 0.2) is 0 Å². The molecule has 0 spiro atoms. The Bertz CT molecular complexity index is 786. The summed E-state index contributed by atoms with van der Waals surface area (Å²) < 4.78 is 5.09. The fourth-order valence-electron chi connectivity index (χ4n) is 2.19. The van der Waals surface area contributed by atoms with Crippen molar-refractivity contribution in [1.82, 2.24) is 5.32 Å². The Morgan fingerprint density at radius 3 is 2.12 bits per heavy atom. The third kappa shape index (κ3) is 6.09. The number of ether oxygens (including phenoxy) is 1. The molecule has 2 N–H and O–H groups in total. The van der Waals surface area contributed by atoms with Gasteiger partial charge in [-0.3, -0.25) is 9.59 Å². The zero-order chi connectivity index (χ0) is 19.2. The predicted molar refractivity (Wildman–Crippen MR) is 104 cm³/mol. The summed E-state index contributed by atoms with van der Waals surface area (Å²) in [5, 5.41) is 5.66. The van der Waals surface area contributed by atoms with Gasteiger partial charge in [-0.05, 0) is 68.8 Å². The summed E-state index contributed by atoms with van der Waals surface area (Å²) in [7, 11) is 1.61. The van der Waals surface area contributed by atoms with Crippen molar-refractivity contribution in [2.45, 2.75) is 26.3 Å². The lowest BCUT2D eigenvalue weighted by Crippen LogP contribution is -2.40. The van der Waals surface area contributed by atoms with Gasteiger partial charge in [0.2, 0.25) is 5.91 Å². The number of anilines is 1. The van der Waals surface area contributed by atoms with Gasteiger partial charge in [0.1, 0.15) is 5.75 Å². The van der Waals surface area contributed by atoms with Crippen molar-refractivity contribution < 1.29 is 14.3 Å². The number of carbonyl (C=O) groups is 2. The Balaban J connectivity index is 1.94. The highest BCUT2D eigenvalue weighted by Gasteiger charge is 2.15. The van der Waals surface area contributed by atoms with Gasteiger partial charge in [-0.2, -0.15) is 0 Å². The van der Waals surface area contributed by atoms with Gasteiger partial charge < -0.3 is 15.4 Å². The van der Waals surface area contributed by atoms with E-state index in [9.17, 15) is 9.59 Å². The van der Waals surface area contributed by atoms with Crippen LogP contribution in [0.25, 0.3) is 6.08 Å². The van der Waals surface area contributed by atoms with E-state index in [0.717, 1.165) is 11.3 Å². The van der Waals surface area contributed by atoms with Crippen LogP contribution in [0.2, 0.25) is 0 Å². The van der Waals surface area contributed by atoms with Gasteiger partial charge in [-0.25, -0.2) is 0 Å². The highest BCUT2D eigenvalue weighted by molar-refractivity contribution is 6.02. The second-order valence-corrected chi connectivity index (χ2v) is 6.88. The van der Waals surface area contributed by atoms with E-state index >= 15 is 0 Å². The molecule has 2 rings (SSSR count). The molecule has 26 heavy (non-hydrogen) atoms.